The van der Waals surface area contributed by atoms with Gasteiger partial charge < -0.3 is 33.8 Å². The predicted molar refractivity (Wildman–Crippen MR) is 405 cm³/mol. The minimum absolute atomic E-state index is 0.107. The lowest BCUT2D eigenvalue weighted by Crippen LogP contribution is -2.30. The minimum atomic E-state index is -4.96. The second-order valence-electron chi connectivity index (χ2n) is 29.3. The maximum absolute atomic E-state index is 13.1. The third-order valence-electron chi connectivity index (χ3n) is 18.8. The van der Waals surface area contributed by atoms with Crippen molar-refractivity contribution >= 4 is 39.5 Å². The summed E-state index contributed by atoms with van der Waals surface area (Å²) >= 11 is 0. The SMILES string of the molecule is CCCCCCCCCCCCCCCCCCCCCCC(=O)O[C@H](COC(=O)CCCCCCCCCCCCCCCCC)COP(=O)(O)OC[C@@H](O)COP(=O)(O)OC[C@@H](COC(=O)CCCCCCCCCCCCC)OC(=O)CCCCCCCCCCCCC(C)C. The predicted octanol–water partition coefficient (Wildman–Crippen LogP) is 24.0. The normalized spacial score (nSPS) is 13.9. The number of unbranched alkanes of at least 4 members (excludes halogenated alkanes) is 52. The lowest BCUT2D eigenvalue weighted by molar-refractivity contribution is -0.161. The van der Waals surface area contributed by atoms with Gasteiger partial charge in [0.15, 0.2) is 12.2 Å². The molecule has 0 heterocycles. The molecular weight excluding hydrogens is 1290 g/mol. The average molecular weight is 1450 g/mol. The summed E-state index contributed by atoms with van der Waals surface area (Å²) in [4.78, 5) is 73.0. The molecule has 0 bridgehead atoms. The van der Waals surface area contributed by atoms with Gasteiger partial charge in [0.1, 0.15) is 19.3 Å². The van der Waals surface area contributed by atoms with Gasteiger partial charge in [-0.3, -0.25) is 37.3 Å². The van der Waals surface area contributed by atoms with Crippen molar-refractivity contribution in [1.29, 1.82) is 0 Å². The molecule has 19 heteroatoms. The first-order chi connectivity index (χ1) is 48.0. The third kappa shape index (κ3) is 74.1. The number of esters is 4. The van der Waals surface area contributed by atoms with Gasteiger partial charge in [-0.2, -0.15) is 0 Å². The molecule has 0 aromatic carbocycles. The topological polar surface area (TPSA) is 237 Å². The van der Waals surface area contributed by atoms with E-state index in [0.717, 1.165) is 95.8 Å². The van der Waals surface area contributed by atoms with Gasteiger partial charge >= 0.3 is 39.5 Å². The molecule has 0 saturated heterocycles. The van der Waals surface area contributed by atoms with E-state index in [4.69, 9.17) is 37.0 Å². The van der Waals surface area contributed by atoms with Crippen molar-refractivity contribution in [3.05, 3.63) is 0 Å². The van der Waals surface area contributed by atoms with Crippen molar-refractivity contribution in [2.24, 2.45) is 5.92 Å². The van der Waals surface area contributed by atoms with Crippen LogP contribution in [0.2, 0.25) is 0 Å². The Bertz CT molecular complexity index is 1890. The van der Waals surface area contributed by atoms with Gasteiger partial charge in [0.2, 0.25) is 0 Å². The van der Waals surface area contributed by atoms with E-state index in [-0.39, 0.29) is 25.7 Å². The van der Waals surface area contributed by atoms with Gasteiger partial charge in [0.25, 0.3) is 0 Å². The first-order valence-corrected chi connectivity index (χ1v) is 44.6. The van der Waals surface area contributed by atoms with Crippen LogP contribution in [-0.2, 0) is 65.4 Å². The zero-order chi connectivity index (χ0) is 72.7. The van der Waals surface area contributed by atoms with E-state index in [9.17, 15) is 43.2 Å². The van der Waals surface area contributed by atoms with E-state index in [1.54, 1.807) is 0 Å². The monoisotopic (exact) mass is 1450 g/mol. The van der Waals surface area contributed by atoms with E-state index in [2.05, 4.69) is 34.6 Å². The molecule has 588 valence electrons. The van der Waals surface area contributed by atoms with Crippen molar-refractivity contribution in [2.45, 2.75) is 445 Å². The molecular formula is C80H156O17P2. The lowest BCUT2D eigenvalue weighted by atomic mass is 10.0. The first-order valence-electron chi connectivity index (χ1n) is 41.6. The van der Waals surface area contributed by atoms with Crippen LogP contribution >= 0.6 is 15.6 Å². The Morgan fingerprint density at radius 1 is 0.273 bits per heavy atom. The number of phosphoric acid groups is 2. The van der Waals surface area contributed by atoms with Crippen LogP contribution in [-0.4, -0.2) is 96.7 Å². The summed E-state index contributed by atoms with van der Waals surface area (Å²) in [6.45, 7) is 7.31. The summed E-state index contributed by atoms with van der Waals surface area (Å²) in [5.74, 6) is -1.35. The maximum Gasteiger partial charge on any atom is 0.472 e. The van der Waals surface area contributed by atoms with Crippen molar-refractivity contribution in [2.75, 3.05) is 39.6 Å². The molecule has 3 N–H and O–H groups in total. The van der Waals surface area contributed by atoms with Gasteiger partial charge in [-0.05, 0) is 31.6 Å². The summed E-state index contributed by atoms with van der Waals surface area (Å²) in [5.41, 5.74) is 0. The first kappa shape index (κ1) is 97.1. The summed E-state index contributed by atoms with van der Waals surface area (Å²) in [6.07, 6.45) is 63.8. The molecule has 0 saturated carbocycles. The average Bonchev–Trinajstić information content (AvgIpc) is 1.59. The number of carbonyl (C=O) groups is 4. The molecule has 0 aromatic heterocycles. The van der Waals surface area contributed by atoms with Gasteiger partial charge in [-0.1, -0.05) is 375 Å². The Balaban J connectivity index is 5.23. The maximum atomic E-state index is 13.1. The molecule has 2 unspecified atom stereocenters. The van der Waals surface area contributed by atoms with Crippen molar-refractivity contribution in [3.63, 3.8) is 0 Å². The van der Waals surface area contributed by atoms with E-state index < -0.39 is 97.5 Å². The van der Waals surface area contributed by atoms with Crippen molar-refractivity contribution in [1.82, 2.24) is 0 Å². The van der Waals surface area contributed by atoms with Crippen molar-refractivity contribution < 1.29 is 80.2 Å². The molecule has 0 radical (unpaired) electrons. The molecule has 0 aliphatic heterocycles. The molecule has 0 aromatic rings. The minimum Gasteiger partial charge on any atom is -0.462 e. The zero-order valence-electron chi connectivity index (χ0n) is 64.6. The van der Waals surface area contributed by atoms with Gasteiger partial charge in [0, 0.05) is 25.7 Å². The molecule has 17 nitrogen and oxygen atoms in total. The Morgan fingerprint density at radius 3 is 0.687 bits per heavy atom. The molecule has 0 fully saturated rings. The highest BCUT2D eigenvalue weighted by Gasteiger charge is 2.30. The number of aliphatic hydroxyl groups excluding tert-OH is 1. The van der Waals surface area contributed by atoms with Crippen molar-refractivity contribution in [3.8, 4) is 0 Å². The quantitative estimate of drug-likeness (QED) is 0.0222. The van der Waals surface area contributed by atoms with Crippen LogP contribution in [0.3, 0.4) is 0 Å². The number of aliphatic hydroxyl groups is 1. The zero-order valence-corrected chi connectivity index (χ0v) is 66.4. The fraction of sp³-hybridized carbons (Fsp3) is 0.950. The van der Waals surface area contributed by atoms with Crippen LogP contribution < -0.4 is 0 Å². The standard InChI is InChI=1S/C80H156O17P2/c1-6-9-12-15-18-21-24-26-28-29-30-31-32-34-36-39-45-50-55-60-65-79(84)96-75(70-91-78(83)64-59-54-49-44-38-35-33-27-25-22-19-16-13-10-7-2)71-94-98(86,87)92-67-74(81)68-93-99(88,89)95-72-76(69-90-77(82)63-58-53-48-43-37-23-20-17-14-11-8-3)97-80(85)66-61-56-51-46-41-40-42-47-52-57-62-73(4)5/h73-76,81H,6-72H2,1-5H3,(H,86,87)(H,88,89)/t74-,75-,76-/m1/s1. The molecule has 0 aliphatic carbocycles. The van der Waals surface area contributed by atoms with Crippen LogP contribution in [0.5, 0.6) is 0 Å². The number of ether oxygens (including phenoxy) is 4. The summed E-state index contributed by atoms with van der Waals surface area (Å²) in [7, 11) is -9.92. The number of carbonyl (C=O) groups excluding carboxylic acids is 4. The Kier molecular flexibility index (Phi) is 71.6. The Hall–Kier alpha value is -1.94. The highest BCUT2D eigenvalue weighted by molar-refractivity contribution is 7.47. The van der Waals surface area contributed by atoms with Crippen LogP contribution in [0.4, 0.5) is 0 Å². The van der Waals surface area contributed by atoms with Crippen LogP contribution in [0.1, 0.15) is 426 Å². The fourth-order valence-corrected chi connectivity index (χ4v) is 14.0. The number of hydrogen-bond acceptors (Lipinski definition) is 15. The Morgan fingerprint density at radius 2 is 0.465 bits per heavy atom. The van der Waals surface area contributed by atoms with E-state index in [0.29, 0.717) is 25.7 Å². The Labute approximate surface area is 607 Å². The van der Waals surface area contributed by atoms with Gasteiger partial charge in [-0.25, -0.2) is 9.13 Å². The highest BCUT2D eigenvalue weighted by atomic mass is 31.2. The van der Waals surface area contributed by atoms with E-state index in [1.807, 2.05) is 0 Å². The fourth-order valence-electron chi connectivity index (χ4n) is 12.4. The van der Waals surface area contributed by atoms with Gasteiger partial charge in [-0.15, -0.1) is 0 Å². The highest BCUT2D eigenvalue weighted by Crippen LogP contribution is 2.45. The summed E-state index contributed by atoms with van der Waals surface area (Å²) in [5, 5.41) is 10.6. The largest absolute Gasteiger partial charge is 0.472 e. The lowest BCUT2D eigenvalue weighted by Gasteiger charge is -2.21. The van der Waals surface area contributed by atoms with Gasteiger partial charge in [0.05, 0.1) is 26.4 Å². The number of phosphoric ester groups is 2. The van der Waals surface area contributed by atoms with Crippen LogP contribution in [0.15, 0.2) is 0 Å². The second-order valence-corrected chi connectivity index (χ2v) is 32.2. The summed E-state index contributed by atoms with van der Waals surface area (Å²) in [6, 6.07) is 0. The van der Waals surface area contributed by atoms with Crippen LogP contribution in [0.25, 0.3) is 0 Å². The number of rotatable bonds is 80. The number of hydrogen-bond donors (Lipinski definition) is 3. The summed E-state index contributed by atoms with van der Waals surface area (Å²) < 4.78 is 68.7. The van der Waals surface area contributed by atoms with Crippen LogP contribution in [0, 0.1) is 5.92 Å². The molecule has 0 spiro atoms. The molecule has 0 rings (SSSR count). The molecule has 99 heavy (non-hydrogen) atoms. The van der Waals surface area contributed by atoms with E-state index in [1.165, 1.54) is 250 Å². The molecule has 5 atom stereocenters. The molecule has 0 amide bonds. The second kappa shape index (κ2) is 73.0. The third-order valence-corrected chi connectivity index (χ3v) is 20.7. The smallest absolute Gasteiger partial charge is 0.462 e. The molecule has 0 aliphatic rings. The van der Waals surface area contributed by atoms with E-state index >= 15 is 0 Å².